The number of nitrogens with two attached hydrogens (primary N) is 1. The van der Waals surface area contributed by atoms with Crippen LogP contribution in [0, 0.1) is 11.2 Å². The molecule has 1 rings (SSSR count). The van der Waals surface area contributed by atoms with Crippen molar-refractivity contribution in [3.63, 3.8) is 0 Å². The zero-order valence-electron chi connectivity index (χ0n) is 10.8. The summed E-state index contributed by atoms with van der Waals surface area (Å²) in [5, 5.41) is 0. The number of rotatable bonds is 6. The zero-order valence-corrected chi connectivity index (χ0v) is 12.4. The van der Waals surface area contributed by atoms with Crippen LogP contribution < -0.4 is 5.73 Å². The number of Topliss-reactive ketones (excluding diaryl/α,β-unsaturated/α-hetero) is 1. The summed E-state index contributed by atoms with van der Waals surface area (Å²) < 4.78 is 14.4. The summed E-state index contributed by atoms with van der Waals surface area (Å²) in [6.45, 7) is 4.21. The van der Waals surface area contributed by atoms with Gasteiger partial charge in [-0.15, -0.1) is 0 Å². The minimum absolute atomic E-state index is 0.0204. The predicted molar refractivity (Wildman–Crippen MR) is 74.9 cm³/mol. The Hall–Kier alpha value is -0.740. The SMILES string of the molecule is CCC(CC)(CN)C(=O)Cc1cc(Br)ccc1F. The fourth-order valence-electron chi connectivity index (χ4n) is 2.09. The topological polar surface area (TPSA) is 43.1 Å². The smallest absolute Gasteiger partial charge is 0.144 e. The molecule has 100 valence electrons. The third kappa shape index (κ3) is 3.18. The van der Waals surface area contributed by atoms with Crippen LogP contribution in [0.25, 0.3) is 0 Å². The van der Waals surface area contributed by atoms with E-state index >= 15 is 0 Å². The number of hydrogen-bond acceptors (Lipinski definition) is 2. The molecule has 2 N–H and O–H groups in total. The Kier molecular flexibility index (Phi) is 5.47. The highest BCUT2D eigenvalue weighted by Crippen LogP contribution is 2.28. The maximum absolute atomic E-state index is 13.6. The minimum Gasteiger partial charge on any atom is -0.329 e. The van der Waals surface area contributed by atoms with Crippen LogP contribution in [0.5, 0.6) is 0 Å². The standard InChI is InChI=1S/C14H19BrFNO/c1-3-14(4-2,9-17)13(18)8-10-7-11(15)5-6-12(10)16/h5-7H,3-4,8-9,17H2,1-2H3. The lowest BCUT2D eigenvalue weighted by atomic mass is 9.76. The van der Waals surface area contributed by atoms with Crippen LogP contribution >= 0.6 is 15.9 Å². The maximum atomic E-state index is 13.6. The molecule has 0 aliphatic heterocycles. The molecular weight excluding hydrogens is 297 g/mol. The van der Waals surface area contributed by atoms with Gasteiger partial charge in [0.05, 0.1) is 0 Å². The van der Waals surface area contributed by atoms with E-state index in [-0.39, 0.29) is 18.0 Å². The second kappa shape index (κ2) is 6.43. The Morgan fingerprint density at radius 3 is 2.50 bits per heavy atom. The normalized spacial score (nSPS) is 11.6. The Labute approximate surface area is 116 Å². The zero-order chi connectivity index (χ0) is 13.8. The summed E-state index contributed by atoms with van der Waals surface area (Å²) in [4.78, 5) is 12.3. The van der Waals surface area contributed by atoms with Gasteiger partial charge in [0.15, 0.2) is 0 Å². The minimum atomic E-state index is -0.519. The highest BCUT2D eigenvalue weighted by Gasteiger charge is 2.33. The molecular formula is C14H19BrFNO. The first-order valence-electron chi connectivity index (χ1n) is 6.16. The molecule has 1 aromatic rings. The third-order valence-electron chi connectivity index (χ3n) is 3.69. The average molecular weight is 316 g/mol. The average Bonchev–Trinajstić information content (AvgIpc) is 2.37. The van der Waals surface area contributed by atoms with Gasteiger partial charge < -0.3 is 5.73 Å². The van der Waals surface area contributed by atoms with E-state index in [1.807, 2.05) is 13.8 Å². The van der Waals surface area contributed by atoms with Gasteiger partial charge in [0, 0.05) is 22.9 Å². The van der Waals surface area contributed by atoms with Crippen molar-refractivity contribution in [1.29, 1.82) is 0 Å². The van der Waals surface area contributed by atoms with E-state index in [0.717, 1.165) is 4.47 Å². The van der Waals surface area contributed by atoms with Gasteiger partial charge in [-0.25, -0.2) is 4.39 Å². The molecule has 0 fully saturated rings. The van der Waals surface area contributed by atoms with Gasteiger partial charge in [0.2, 0.25) is 0 Å². The van der Waals surface area contributed by atoms with Crippen molar-refractivity contribution in [2.75, 3.05) is 6.54 Å². The molecule has 0 atom stereocenters. The van der Waals surface area contributed by atoms with Crippen LogP contribution in [-0.2, 0) is 11.2 Å². The molecule has 1 aromatic carbocycles. The van der Waals surface area contributed by atoms with Crippen molar-refractivity contribution >= 4 is 21.7 Å². The molecule has 2 nitrogen and oxygen atoms in total. The van der Waals surface area contributed by atoms with E-state index in [1.54, 1.807) is 12.1 Å². The molecule has 18 heavy (non-hydrogen) atoms. The van der Waals surface area contributed by atoms with Crippen molar-refractivity contribution in [2.45, 2.75) is 33.1 Å². The van der Waals surface area contributed by atoms with E-state index in [1.165, 1.54) is 6.07 Å². The van der Waals surface area contributed by atoms with Crippen LogP contribution in [0.1, 0.15) is 32.3 Å². The first-order valence-corrected chi connectivity index (χ1v) is 6.95. The summed E-state index contributed by atoms with van der Waals surface area (Å²) in [5.41, 5.74) is 5.63. The Morgan fingerprint density at radius 2 is 2.00 bits per heavy atom. The van der Waals surface area contributed by atoms with Gasteiger partial charge in [-0.05, 0) is 36.6 Å². The lowest BCUT2D eigenvalue weighted by Crippen LogP contribution is -2.38. The van der Waals surface area contributed by atoms with Crippen LogP contribution in [0.3, 0.4) is 0 Å². The van der Waals surface area contributed by atoms with Crippen molar-refractivity contribution in [3.8, 4) is 0 Å². The van der Waals surface area contributed by atoms with Crippen LogP contribution in [0.15, 0.2) is 22.7 Å². The van der Waals surface area contributed by atoms with Crippen LogP contribution in [-0.4, -0.2) is 12.3 Å². The van der Waals surface area contributed by atoms with Crippen molar-refractivity contribution in [3.05, 3.63) is 34.1 Å². The summed E-state index contributed by atoms with van der Waals surface area (Å²) in [5.74, 6) is -0.323. The van der Waals surface area contributed by atoms with Crippen molar-refractivity contribution in [2.24, 2.45) is 11.1 Å². The maximum Gasteiger partial charge on any atom is 0.144 e. The highest BCUT2D eigenvalue weighted by atomic mass is 79.9. The Balaban J connectivity index is 2.96. The summed E-state index contributed by atoms with van der Waals surface area (Å²) in [7, 11) is 0. The quantitative estimate of drug-likeness (QED) is 0.873. The summed E-state index contributed by atoms with van der Waals surface area (Å²) >= 11 is 3.29. The van der Waals surface area contributed by atoms with Gasteiger partial charge in [0.1, 0.15) is 11.6 Å². The van der Waals surface area contributed by atoms with Gasteiger partial charge in [-0.3, -0.25) is 4.79 Å². The number of ketones is 1. The van der Waals surface area contributed by atoms with Gasteiger partial charge in [0.25, 0.3) is 0 Å². The Bertz CT molecular complexity index is 422. The molecule has 0 aromatic heterocycles. The molecule has 0 saturated carbocycles. The fraction of sp³-hybridized carbons (Fsp3) is 0.500. The molecule has 0 aliphatic rings. The summed E-state index contributed by atoms with van der Waals surface area (Å²) in [6.07, 6.45) is 1.48. The van der Waals surface area contributed by atoms with Crippen LogP contribution in [0.4, 0.5) is 4.39 Å². The van der Waals surface area contributed by atoms with E-state index < -0.39 is 5.41 Å². The number of halogens is 2. The molecule has 0 amide bonds. The summed E-state index contributed by atoms with van der Waals surface area (Å²) in [6, 6.07) is 4.65. The Morgan fingerprint density at radius 1 is 1.39 bits per heavy atom. The second-order valence-electron chi connectivity index (χ2n) is 4.53. The van der Waals surface area contributed by atoms with E-state index in [4.69, 9.17) is 5.73 Å². The second-order valence-corrected chi connectivity index (χ2v) is 5.44. The van der Waals surface area contributed by atoms with Crippen molar-refractivity contribution < 1.29 is 9.18 Å². The monoisotopic (exact) mass is 315 g/mol. The van der Waals surface area contributed by atoms with Gasteiger partial charge in [-0.1, -0.05) is 29.8 Å². The van der Waals surface area contributed by atoms with E-state index in [9.17, 15) is 9.18 Å². The third-order valence-corrected chi connectivity index (χ3v) is 4.19. The predicted octanol–water partition coefficient (Wildman–Crippen LogP) is 3.46. The molecule has 0 bridgehead atoms. The van der Waals surface area contributed by atoms with Gasteiger partial charge >= 0.3 is 0 Å². The lowest BCUT2D eigenvalue weighted by molar-refractivity contribution is -0.128. The molecule has 0 aliphatic carbocycles. The van der Waals surface area contributed by atoms with E-state index in [2.05, 4.69) is 15.9 Å². The highest BCUT2D eigenvalue weighted by molar-refractivity contribution is 9.10. The fourth-order valence-corrected chi connectivity index (χ4v) is 2.49. The molecule has 4 heteroatoms. The molecule has 0 unspecified atom stereocenters. The molecule has 0 spiro atoms. The van der Waals surface area contributed by atoms with Crippen molar-refractivity contribution in [1.82, 2.24) is 0 Å². The lowest BCUT2D eigenvalue weighted by Gasteiger charge is -2.28. The number of carbonyl (C=O) groups excluding carboxylic acids is 1. The number of benzene rings is 1. The first-order chi connectivity index (χ1) is 8.49. The first kappa shape index (κ1) is 15.3. The molecule has 0 heterocycles. The molecule has 0 saturated heterocycles. The number of hydrogen-bond donors (Lipinski definition) is 1. The largest absolute Gasteiger partial charge is 0.329 e. The van der Waals surface area contributed by atoms with E-state index in [0.29, 0.717) is 24.9 Å². The van der Waals surface area contributed by atoms with Crippen LogP contribution in [0.2, 0.25) is 0 Å². The molecule has 0 radical (unpaired) electrons. The van der Waals surface area contributed by atoms with Gasteiger partial charge in [-0.2, -0.15) is 0 Å². The number of carbonyl (C=O) groups is 1.